The van der Waals surface area contributed by atoms with Gasteiger partial charge in [0.2, 0.25) is 0 Å². The van der Waals surface area contributed by atoms with Crippen molar-refractivity contribution >= 4 is 22.4 Å². The molecule has 0 saturated heterocycles. The van der Waals surface area contributed by atoms with Crippen molar-refractivity contribution in [2.45, 2.75) is 0 Å². The third-order valence-corrected chi connectivity index (χ3v) is 3.87. The van der Waals surface area contributed by atoms with Crippen LogP contribution < -0.4 is 14.2 Å². The Morgan fingerprint density at radius 1 is 0.826 bits per heavy atom. The molecule has 0 aliphatic heterocycles. The minimum Gasteiger partial charge on any atom is -0.496 e. The summed E-state index contributed by atoms with van der Waals surface area (Å²) in [5, 5.41) is 10.4. The molecule has 6 heteroatoms. The van der Waals surface area contributed by atoms with Gasteiger partial charge in [-0.25, -0.2) is 0 Å². The van der Waals surface area contributed by atoms with E-state index in [0.717, 1.165) is 10.8 Å². The topological polar surface area (TPSA) is 53.5 Å². The minimum atomic E-state index is 0.357. The third kappa shape index (κ3) is 2.64. The van der Waals surface area contributed by atoms with Gasteiger partial charge in [0.15, 0.2) is 5.15 Å². The molecule has 3 aromatic rings. The van der Waals surface area contributed by atoms with Crippen molar-refractivity contribution in [1.82, 2.24) is 10.2 Å². The fourth-order valence-electron chi connectivity index (χ4n) is 2.49. The molecule has 1 aromatic heterocycles. The highest BCUT2D eigenvalue weighted by atomic mass is 35.5. The number of halogens is 1. The zero-order chi connectivity index (χ0) is 16.4. The minimum absolute atomic E-state index is 0.357. The van der Waals surface area contributed by atoms with Crippen LogP contribution in [-0.2, 0) is 0 Å². The maximum absolute atomic E-state index is 6.16. The second kappa shape index (κ2) is 6.30. The predicted molar refractivity (Wildman–Crippen MR) is 89.6 cm³/mol. The average molecular weight is 331 g/mol. The van der Waals surface area contributed by atoms with Gasteiger partial charge in [-0.3, -0.25) is 0 Å². The van der Waals surface area contributed by atoms with E-state index < -0.39 is 0 Å². The molecule has 5 nitrogen and oxygen atoms in total. The summed E-state index contributed by atoms with van der Waals surface area (Å²) in [6.07, 6.45) is 0. The molecule has 23 heavy (non-hydrogen) atoms. The Bertz CT molecular complexity index is 843. The maximum Gasteiger partial charge on any atom is 0.159 e. The van der Waals surface area contributed by atoms with Crippen molar-refractivity contribution in [3.05, 3.63) is 41.6 Å². The van der Waals surface area contributed by atoms with Crippen LogP contribution in [0.4, 0.5) is 0 Å². The second-order valence-corrected chi connectivity index (χ2v) is 5.15. The van der Waals surface area contributed by atoms with Crippen molar-refractivity contribution in [1.29, 1.82) is 0 Å². The van der Waals surface area contributed by atoms with E-state index in [1.807, 2.05) is 24.3 Å². The lowest BCUT2D eigenvalue weighted by molar-refractivity contribution is 0.377. The largest absolute Gasteiger partial charge is 0.496 e. The molecule has 0 radical (unpaired) electrons. The molecular formula is C17H15ClN2O3. The Labute approximate surface area is 138 Å². The Morgan fingerprint density at radius 3 is 2.00 bits per heavy atom. The van der Waals surface area contributed by atoms with Crippen molar-refractivity contribution < 1.29 is 14.2 Å². The quantitative estimate of drug-likeness (QED) is 0.724. The first-order valence-corrected chi connectivity index (χ1v) is 7.28. The lowest BCUT2D eigenvalue weighted by Gasteiger charge is -2.15. The van der Waals surface area contributed by atoms with Crippen LogP contribution in [0.25, 0.3) is 22.0 Å². The van der Waals surface area contributed by atoms with Gasteiger partial charge in [0, 0.05) is 22.9 Å². The molecule has 0 spiro atoms. The van der Waals surface area contributed by atoms with Crippen LogP contribution in [0.5, 0.6) is 17.2 Å². The van der Waals surface area contributed by atoms with E-state index in [0.29, 0.717) is 33.7 Å². The van der Waals surface area contributed by atoms with Gasteiger partial charge < -0.3 is 14.2 Å². The molecule has 0 N–H and O–H groups in total. The molecule has 0 aliphatic carbocycles. The first-order valence-electron chi connectivity index (χ1n) is 6.91. The van der Waals surface area contributed by atoms with Crippen LogP contribution in [0, 0.1) is 0 Å². The molecule has 0 amide bonds. The number of methoxy groups -OCH3 is 3. The number of aromatic nitrogens is 2. The molecule has 2 aromatic carbocycles. The summed E-state index contributed by atoms with van der Waals surface area (Å²) in [6, 6.07) is 11.2. The van der Waals surface area contributed by atoms with Gasteiger partial charge in [-0.15, -0.1) is 10.2 Å². The Kier molecular flexibility index (Phi) is 4.21. The number of benzene rings is 2. The van der Waals surface area contributed by atoms with E-state index in [-0.39, 0.29) is 0 Å². The van der Waals surface area contributed by atoms with E-state index >= 15 is 0 Å². The average Bonchev–Trinajstić information content (AvgIpc) is 2.61. The van der Waals surface area contributed by atoms with Crippen molar-refractivity contribution in [2.75, 3.05) is 21.3 Å². The Balaban J connectivity index is 2.37. The first-order chi connectivity index (χ1) is 11.2. The monoisotopic (exact) mass is 330 g/mol. The van der Waals surface area contributed by atoms with Crippen LogP contribution in [0.1, 0.15) is 0 Å². The van der Waals surface area contributed by atoms with Crippen LogP contribution in [0.2, 0.25) is 5.15 Å². The lowest BCUT2D eigenvalue weighted by Crippen LogP contribution is -1.98. The van der Waals surface area contributed by atoms with Crippen LogP contribution in [0.15, 0.2) is 36.4 Å². The molecule has 0 aliphatic rings. The van der Waals surface area contributed by atoms with Gasteiger partial charge in [0.1, 0.15) is 22.9 Å². The highest BCUT2D eigenvalue weighted by Gasteiger charge is 2.20. The van der Waals surface area contributed by atoms with Gasteiger partial charge in [0.25, 0.3) is 0 Å². The lowest BCUT2D eigenvalue weighted by atomic mass is 10.0. The summed E-state index contributed by atoms with van der Waals surface area (Å²) in [5.74, 6) is 1.81. The summed E-state index contributed by atoms with van der Waals surface area (Å²) in [4.78, 5) is 0. The second-order valence-electron chi connectivity index (χ2n) is 4.79. The molecule has 3 rings (SSSR count). The number of rotatable bonds is 4. The van der Waals surface area contributed by atoms with Crippen molar-refractivity contribution in [3.63, 3.8) is 0 Å². The number of fused-ring (bicyclic) bond motifs is 1. The summed E-state index contributed by atoms with van der Waals surface area (Å²) >= 11 is 6.16. The van der Waals surface area contributed by atoms with E-state index in [2.05, 4.69) is 10.2 Å². The fourth-order valence-corrected chi connectivity index (χ4v) is 2.70. The SMILES string of the molecule is COc1cc(OC)c(-c2nnc(Cl)c3ccccc23)c(OC)c1. The Hall–Kier alpha value is -2.53. The zero-order valence-electron chi connectivity index (χ0n) is 13.0. The van der Waals surface area contributed by atoms with Gasteiger partial charge in [-0.05, 0) is 0 Å². The van der Waals surface area contributed by atoms with Crippen LogP contribution in [-0.4, -0.2) is 31.5 Å². The molecule has 0 atom stereocenters. The molecule has 0 saturated carbocycles. The maximum atomic E-state index is 6.16. The van der Waals surface area contributed by atoms with Crippen LogP contribution >= 0.6 is 11.6 Å². The molecule has 0 bridgehead atoms. The van der Waals surface area contributed by atoms with Gasteiger partial charge >= 0.3 is 0 Å². The number of nitrogens with zero attached hydrogens (tertiary/aromatic N) is 2. The summed E-state index contributed by atoms with van der Waals surface area (Å²) in [7, 11) is 4.76. The van der Waals surface area contributed by atoms with Crippen LogP contribution in [0.3, 0.4) is 0 Å². The highest BCUT2D eigenvalue weighted by Crippen LogP contribution is 2.43. The van der Waals surface area contributed by atoms with Gasteiger partial charge in [-0.2, -0.15) is 0 Å². The summed E-state index contributed by atoms with van der Waals surface area (Å²) < 4.78 is 16.3. The number of hydrogen-bond donors (Lipinski definition) is 0. The molecule has 1 heterocycles. The van der Waals surface area contributed by atoms with E-state index in [1.54, 1.807) is 33.5 Å². The molecule has 0 unspecified atom stereocenters. The molecule has 0 fully saturated rings. The van der Waals surface area contributed by atoms with Gasteiger partial charge in [-0.1, -0.05) is 35.9 Å². The standard InChI is InChI=1S/C17H15ClN2O3/c1-21-10-8-13(22-2)15(14(9-10)23-3)16-11-6-4-5-7-12(11)17(18)20-19-16/h4-9H,1-3H3. The van der Waals surface area contributed by atoms with Gasteiger partial charge in [0.05, 0.1) is 26.9 Å². The smallest absolute Gasteiger partial charge is 0.159 e. The summed E-state index contributed by atoms with van der Waals surface area (Å²) in [5.41, 5.74) is 1.34. The zero-order valence-corrected chi connectivity index (χ0v) is 13.7. The molecular weight excluding hydrogens is 316 g/mol. The Morgan fingerprint density at radius 2 is 1.43 bits per heavy atom. The first kappa shape index (κ1) is 15.4. The van der Waals surface area contributed by atoms with E-state index in [4.69, 9.17) is 25.8 Å². The third-order valence-electron chi connectivity index (χ3n) is 3.59. The number of hydrogen-bond acceptors (Lipinski definition) is 5. The number of ether oxygens (including phenoxy) is 3. The van der Waals surface area contributed by atoms with Crippen molar-refractivity contribution in [2.24, 2.45) is 0 Å². The molecule has 118 valence electrons. The van der Waals surface area contributed by atoms with E-state index in [9.17, 15) is 0 Å². The summed E-state index contributed by atoms with van der Waals surface area (Å²) in [6.45, 7) is 0. The van der Waals surface area contributed by atoms with Crippen molar-refractivity contribution in [3.8, 4) is 28.5 Å². The highest BCUT2D eigenvalue weighted by molar-refractivity contribution is 6.34. The van der Waals surface area contributed by atoms with E-state index in [1.165, 1.54) is 0 Å². The predicted octanol–water partition coefficient (Wildman–Crippen LogP) is 3.98. The fraction of sp³-hybridized carbons (Fsp3) is 0.176. The normalized spacial score (nSPS) is 10.6.